The first-order chi connectivity index (χ1) is 12.7. The molecule has 1 aromatic heterocycles. The molecule has 26 heavy (non-hydrogen) atoms. The second-order valence-corrected chi connectivity index (χ2v) is 6.07. The summed E-state index contributed by atoms with van der Waals surface area (Å²) in [5.74, 6) is 0.697. The van der Waals surface area contributed by atoms with Crippen molar-refractivity contribution in [2.45, 2.75) is 25.8 Å². The number of nitrogens with zero attached hydrogens (tertiary/aromatic N) is 3. The van der Waals surface area contributed by atoms with Crippen LogP contribution < -0.4 is 20.3 Å². The zero-order valence-electron chi connectivity index (χ0n) is 14.8. The van der Waals surface area contributed by atoms with E-state index >= 15 is 0 Å². The molecule has 2 heterocycles. The van der Waals surface area contributed by atoms with E-state index in [1.165, 1.54) is 0 Å². The van der Waals surface area contributed by atoms with Gasteiger partial charge in [-0.3, -0.25) is 4.79 Å². The predicted molar refractivity (Wildman–Crippen MR) is 98.4 cm³/mol. The highest BCUT2D eigenvalue weighted by atomic mass is 16.5. The summed E-state index contributed by atoms with van der Waals surface area (Å²) >= 11 is 0. The molecular weight excluding hydrogens is 334 g/mol. The third-order valence-corrected chi connectivity index (χ3v) is 4.27. The van der Waals surface area contributed by atoms with E-state index in [1.807, 2.05) is 10.8 Å². The van der Waals surface area contributed by atoms with Crippen LogP contribution in [0, 0.1) is 0 Å². The number of aromatic nitrogens is 2. The van der Waals surface area contributed by atoms with Crippen LogP contribution in [0.4, 0.5) is 16.2 Å². The van der Waals surface area contributed by atoms with Gasteiger partial charge < -0.3 is 24.8 Å². The summed E-state index contributed by atoms with van der Waals surface area (Å²) < 4.78 is 7.26. The lowest BCUT2D eigenvalue weighted by atomic mass is 10.1. The SMILES string of the molecule is COc1ccc(NC(=O)NCCn2ccnc2)cc1N1CCCCC1=O. The van der Waals surface area contributed by atoms with Crippen LogP contribution in [0.2, 0.25) is 0 Å². The molecule has 3 amide bonds. The normalized spacial score (nSPS) is 14.2. The predicted octanol–water partition coefficient (Wildman–Crippen LogP) is 2.23. The maximum Gasteiger partial charge on any atom is 0.319 e. The van der Waals surface area contributed by atoms with Crippen molar-refractivity contribution in [3.8, 4) is 5.75 Å². The molecule has 0 bridgehead atoms. The molecule has 1 saturated heterocycles. The average Bonchev–Trinajstić information content (AvgIpc) is 3.15. The van der Waals surface area contributed by atoms with E-state index in [1.54, 1.807) is 42.7 Å². The van der Waals surface area contributed by atoms with E-state index in [4.69, 9.17) is 4.74 Å². The Bertz CT molecular complexity index is 760. The minimum Gasteiger partial charge on any atom is -0.495 e. The molecule has 1 aliphatic rings. The molecule has 1 fully saturated rings. The Kier molecular flexibility index (Phi) is 5.73. The maximum absolute atomic E-state index is 12.2. The summed E-state index contributed by atoms with van der Waals surface area (Å²) in [5, 5.41) is 5.59. The molecule has 0 radical (unpaired) electrons. The van der Waals surface area contributed by atoms with Crippen molar-refractivity contribution in [3.63, 3.8) is 0 Å². The van der Waals surface area contributed by atoms with Crippen LogP contribution in [0.3, 0.4) is 0 Å². The van der Waals surface area contributed by atoms with E-state index in [0.29, 0.717) is 43.2 Å². The Morgan fingerprint density at radius 1 is 1.35 bits per heavy atom. The van der Waals surface area contributed by atoms with Gasteiger partial charge in [-0.25, -0.2) is 9.78 Å². The van der Waals surface area contributed by atoms with Gasteiger partial charge in [0.1, 0.15) is 5.75 Å². The number of nitrogens with one attached hydrogen (secondary N) is 2. The molecule has 2 aromatic rings. The largest absolute Gasteiger partial charge is 0.495 e. The summed E-state index contributed by atoms with van der Waals surface area (Å²) in [6, 6.07) is 4.99. The van der Waals surface area contributed by atoms with Gasteiger partial charge in [0, 0.05) is 44.1 Å². The summed E-state index contributed by atoms with van der Waals surface area (Å²) in [6.45, 7) is 1.79. The van der Waals surface area contributed by atoms with E-state index < -0.39 is 0 Å². The van der Waals surface area contributed by atoms with Gasteiger partial charge in [-0.05, 0) is 31.0 Å². The zero-order chi connectivity index (χ0) is 18.4. The van der Waals surface area contributed by atoms with Crippen LogP contribution in [0.25, 0.3) is 0 Å². The molecule has 138 valence electrons. The van der Waals surface area contributed by atoms with Gasteiger partial charge in [-0.15, -0.1) is 0 Å². The number of ether oxygens (including phenoxy) is 1. The second kappa shape index (κ2) is 8.37. The van der Waals surface area contributed by atoms with Gasteiger partial charge in [0.25, 0.3) is 0 Å². The highest BCUT2D eigenvalue weighted by Crippen LogP contribution is 2.33. The van der Waals surface area contributed by atoms with Crippen molar-refractivity contribution in [3.05, 3.63) is 36.9 Å². The molecule has 8 nitrogen and oxygen atoms in total. The minimum atomic E-state index is -0.300. The number of hydrogen-bond acceptors (Lipinski definition) is 4. The topological polar surface area (TPSA) is 88.5 Å². The molecule has 1 aliphatic heterocycles. The van der Waals surface area contributed by atoms with Crippen molar-refractivity contribution < 1.29 is 14.3 Å². The summed E-state index contributed by atoms with van der Waals surface area (Å²) in [5.41, 5.74) is 1.30. The van der Waals surface area contributed by atoms with E-state index in [9.17, 15) is 9.59 Å². The Morgan fingerprint density at radius 2 is 2.23 bits per heavy atom. The fraction of sp³-hybridized carbons (Fsp3) is 0.389. The summed E-state index contributed by atoms with van der Waals surface area (Å²) in [4.78, 5) is 30.0. The second-order valence-electron chi connectivity index (χ2n) is 6.07. The van der Waals surface area contributed by atoms with Crippen LogP contribution in [-0.2, 0) is 11.3 Å². The molecule has 0 aliphatic carbocycles. The van der Waals surface area contributed by atoms with Crippen molar-refractivity contribution in [2.24, 2.45) is 0 Å². The zero-order valence-corrected chi connectivity index (χ0v) is 14.8. The molecule has 0 spiro atoms. The van der Waals surface area contributed by atoms with Crippen LogP contribution in [0.1, 0.15) is 19.3 Å². The Morgan fingerprint density at radius 3 is 2.96 bits per heavy atom. The number of urea groups is 1. The molecule has 3 rings (SSSR count). The number of imidazole rings is 1. The summed E-state index contributed by atoms with van der Waals surface area (Å²) in [6.07, 6.45) is 7.64. The van der Waals surface area contributed by atoms with Crippen LogP contribution in [-0.4, -0.2) is 41.7 Å². The molecule has 2 N–H and O–H groups in total. The number of amides is 3. The number of rotatable bonds is 6. The number of anilines is 2. The lowest BCUT2D eigenvalue weighted by molar-refractivity contribution is -0.119. The van der Waals surface area contributed by atoms with Crippen molar-refractivity contribution in [1.82, 2.24) is 14.9 Å². The minimum absolute atomic E-state index is 0.0801. The number of benzene rings is 1. The number of piperidine rings is 1. The Balaban J connectivity index is 1.63. The maximum atomic E-state index is 12.2. The Hall–Kier alpha value is -3.03. The third-order valence-electron chi connectivity index (χ3n) is 4.27. The van der Waals surface area contributed by atoms with Crippen molar-refractivity contribution in [2.75, 3.05) is 30.4 Å². The number of carbonyl (C=O) groups excluding carboxylic acids is 2. The summed E-state index contributed by atoms with van der Waals surface area (Å²) in [7, 11) is 1.57. The number of carbonyl (C=O) groups is 2. The van der Waals surface area contributed by atoms with Gasteiger partial charge in [-0.1, -0.05) is 0 Å². The lowest BCUT2D eigenvalue weighted by Gasteiger charge is -2.28. The highest BCUT2D eigenvalue weighted by molar-refractivity contribution is 5.97. The first kappa shape index (κ1) is 17.8. The van der Waals surface area contributed by atoms with Gasteiger partial charge in [0.15, 0.2) is 0 Å². The van der Waals surface area contributed by atoms with E-state index in [2.05, 4.69) is 15.6 Å². The fourth-order valence-corrected chi connectivity index (χ4v) is 2.93. The average molecular weight is 357 g/mol. The molecule has 0 unspecified atom stereocenters. The standard InChI is InChI=1S/C18H23N5O3/c1-26-16-6-5-14(12-15(16)23-9-3-2-4-17(23)24)21-18(25)20-8-11-22-10-7-19-13-22/h5-7,10,12-13H,2-4,8-9,11H2,1H3,(H2,20,21,25). The molecule has 0 atom stereocenters. The van der Waals surface area contributed by atoms with Gasteiger partial charge in [0.05, 0.1) is 19.1 Å². The number of methoxy groups -OCH3 is 1. The third kappa shape index (κ3) is 4.33. The first-order valence-electron chi connectivity index (χ1n) is 8.66. The molecular formula is C18H23N5O3. The number of hydrogen-bond donors (Lipinski definition) is 2. The molecule has 0 saturated carbocycles. The van der Waals surface area contributed by atoms with E-state index in [0.717, 1.165) is 12.8 Å². The van der Waals surface area contributed by atoms with Gasteiger partial charge in [0.2, 0.25) is 5.91 Å². The van der Waals surface area contributed by atoms with E-state index in [-0.39, 0.29) is 11.9 Å². The van der Waals surface area contributed by atoms with Gasteiger partial charge >= 0.3 is 6.03 Å². The van der Waals surface area contributed by atoms with Crippen LogP contribution >= 0.6 is 0 Å². The smallest absolute Gasteiger partial charge is 0.319 e. The first-order valence-corrected chi connectivity index (χ1v) is 8.66. The Labute approximate surface area is 152 Å². The fourth-order valence-electron chi connectivity index (χ4n) is 2.93. The van der Waals surface area contributed by atoms with Crippen LogP contribution in [0.15, 0.2) is 36.9 Å². The molecule has 8 heteroatoms. The van der Waals surface area contributed by atoms with Crippen molar-refractivity contribution >= 4 is 23.3 Å². The van der Waals surface area contributed by atoms with Crippen LogP contribution in [0.5, 0.6) is 5.75 Å². The quantitative estimate of drug-likeness (QED) is 0.830. The highest BCUT2D eigenvalue weighted by Gasteiger charge is 2.23. The lowest BCUT2D eigenvalue weighted by Crippen LogP contribution is -2.35. The monoisotopic (exact) mass is 357 g/mol. The van der Waals surface area contributed by atoms with Gasteiger partial charge in [-0.2, -0.15) is 0 Å². The molecule has 1 aromatic carbocycles. The van der Waals surface area contributed by atoms with Crippen molar-refractivity contribution in [1.29, 1.82) is 0 Å².